The Morgan fingerprint density at radius 3 is 2.84 bits per heavy atom. The molecule has 0 aliphatic rings. The number of rotatable bonds is 2. The highest BCUT2D eigenvalue weighted by Crippen LogP contribution is 2.17. The van der Waals surface area contributed by atoms with Crippen molar-refractivity contribution in [2.24, 2.45) is 0 Å². The molecule has 6 heteroatoms. The molecule has 19 heavy (non-hydrogen) atoms. The minimum atomic E-state index is -0.285. The van der Waals surface area contributed by atoms with Crippen LogP contribution in [0.5, 0.6) is 0 Å². The number of benzene rings is 1. The lowest BCUT2D eigenvalue weighted by Gasteiger charge is -2.02. The van der Waals surface area contributed by atoms with E-state index in [1.54, 1.807) is 12.3 Å². The number of aromatic nitrogens is 3. The fraction of sp³-hybridized carbons (Fsp3) is 0. The van der Waals surface area contributed by atoms with Crippen LogP contribution in [-0.2, 0) is 0 Å². The first kappa shape index (κ1) is 11.9. The first-order valence-corrected chi connectivity index (χ1v) is 6.39. The number of para-hydroxylation sites is 1. The van der Waals surface area contributed by atoms with Gasteiger partial charge in [0.1, 0.15) is 5.82 Å². The average Bonchev–Trinajstić information content (AvgIpc) is 2.85. The summed E-state index contributed by atoms with van der Waals surface area (Å²) in [5.41, 5.74) is 1.19. The van der Waals surface area contributed by atoms with E-state index in [-0.39, 0.29) is 5.91 Å². The van der Waals surface area contributed by atoms with Crippen LogP contribution in [0.1, 0.15) is 10.5 Å². The maximum absolute atomic E-state index is 12.1. The van der Waals surface area contributed by atoms with E-state index >= 15 is 0 Å². The molecule has 0 aliphatic carbocycles. The predicted molar refractivity (Wildman–Crippen MR) is 76.0 cm³/mol. The van der Waals surface area contributed by atoms with Gasteiger partial charge >= 0.3 is 0 Å². The Bertz CT molecular complexity index is 736. The Morgan fingerprint density at radius 1 is 1.21 bits per heavy atom. The quantitative estimate of drug-likeness (QED) is 0.763. The summed E-state index contributed by atoms with van der Waals surface area (Å²) in [5, 5.41) is 10.4. The van der Waals surface area contributed by atoms with E-state index in [2.05, 4.69) is 36.4 Å². The Kier molecular flexibility index (Phi) is 3.00. The van der Waals surface area contributed by atoms with Gasteiger partial charge in [-0.25, -0.2) is 4.98 Å². The number of pyridine rings is 1. The minimum Gasteiger partial charge on any atom is -0.305 e. The number of anilines is 1. The summed E-state index contributed by atoms with van der Waals surface area (Å²) in [6.45, 7) is 0. The largest absolute Gasteiger partial charge is 0.305 e. The standard InChI is InChI=1S/C13H9BrN4O/c14-8-5-6-11(15-7-8)16-13(19)12-9-3-1-2-4-10(9)17-18-12/h1-7H,(H,17,18)(H,15,16,19). The number of hydrogen-bond acceptors (Lipinski definition) is 3. The smallest absolute Gasteiger partial charge is 0.277 e. The van der Waals surface area contributed by atoms with Crippen LogP contribution in [0.4, 0.5) is 5.82 Å². The van der Waals surface area contributed by atoms with E-state index in [0.717, 1.165) is 15.4 Å². The van der Waals surface area contributed by atoms with Crippen molar-refractivity contribution in [2.75, 3.05) is 5.32 Å². The van der Waals surface area contributed by atoms with Gasteiger partial charge in [0.15, 0.2) is 5.69 Å². The van der Waals surface area contributed by atoms with Gasteiger partial charge in [0, 0.05) is 16.1 Å². The summed E-state index contributed by atoms with van der Waals surface area (Å²) >= 11 is 3.29. The zero-order valence-corrected chi connectivity index (χ0v) is 11.3. The van der Waals surface area contributed by atoms with Crippen molar-refractivity contribution in [1.82, 2.24) is 15.2 Å². The molecule has 1 aromatic carbocycles. The van der Waals surface area contributed by atoms with E-state index in [1.165, 1.54) is 0 Å². The molecule has 1 amide bonds. The second kappa shape index (κ2) is 4.81. The highest BCUT2D eigenvalue weighted by Gasteiger charge is 2.14. The van der Waals surface area contributed by atoms with Crippen LogP contribution >= 0.6 is 15.9 Å². The third kappa shape index (κ3) is 2.34. The fourth-order valence-electron chi connectivity index (χ4n) is 1.76. The Balaban J connectivity index is 1.90. The molecule has 2 heterocycles. The number of fused-ring (bicyclic) bond motifs is 1. The molecule has 0 bridgehead atoms. The minimum absolute atomic E-state index is 0.285. The number of carbonyl (C=O) groups excluding carboxylic acids is 1. The molecule has 0 fully saturated rings. The molecule has 0 atom stereocenters. The van der Waals surface area contributed by atoms with Crippen molar-refractivity contribution in [1.29, 1.82) is 0 Å². The summed E-state index contributed by atoms with van der Waals surface area (Å²) in [4.78, 5) is 16.2. The first-order valence-electron chi connectivity index (χ1n) is 5.60. The summed E-state index contributed by atoms with van der Waals surface area (Å²) < 4.78 is 0.857. The van der Waals surface area contributed by atoms with Gasteiger partial charge in [-0.15, -0.1) is 0 Å². The monoisotopic (exact) mass is 316 g/mol. The third-order valence-electron chi connectivity index (χ3n) is 2.65. The normalized spacial score (nSPS) is 10.6. The van der Waals surface area contributed by atoms with Gasteiger partial charge in [-0.05, 0) is 34.1 Å². The molecule has 0 radical (unpaired) electrons. The second-order valence-electron chi connectivity index (χ2n) is 3.93. The number of nitrogens with one attached hydrogen (secondary N) is 2. The zero-order chi connectivity index (χ0) is 13.2. The lowest BCUT2D eigenvalue weighted by atomic mass is 10.2. The number of carbonyl (C=O) groups is 1. The predicted octanol–water partition coefficient (Wildman–Crippen LogP) is 2.97. The SMILES string of the molecule is O=C(Nc1ccc(Br)cn1)c1n[nH]c2ccccc12. The Hall–Kier alpha value is -2.21. The summed E-state index contributed by atoms with van der Waals surface area (Å²) in [6.07, 6.45) is 1.62. The van der Waals surface area contributed by atoms with Gasteiger partial charge in [0.25, 0.3) is 5.91 Å². The maximum Gasteiger partial charge on any atom is 0.277 e. The lowest BCUT2D eigenvalue weighted by Crippen LogP contribution is -2.13. The van der Waals surface area contributed by atoms with Crippen molar-refractivity contribution in [2.45, 2.75) is 0 Å². The van der Waals surface area contributed by atoms with E-state index in [0.29, 0.717) is 11.5 Å². The molecule has 0 aliphatic heterocycles. The van der Waals surface area contributed by atoms with Crippen LogP contribution in [0.3, 0.4) is 0 Å². The molecule has 5 nitrogen and oxygen atoms in total. The molecule has 2 N–H and O–H groups in total. The fourth-order valence-corrected chi connectivity index (χ4v) is 2.00. The lowest BCUT2D eigenvalue weighted by molar-refractivity contribution is 0.102. The number of halogens is 1. The Morgan fingerprint density at radius 2 is 2.05 bits per heavy atom. The topological polar surface area (TPSA) is 70.7 Å². The molecule has 3 rings (SSSR count). The van der Waals surface area contributed by atoms with Crippen LogP contribution in [0.15, 0.2) is 47.1 Å². The first-order chi connectivity index (χ1) is 9.24. The van der Waals surface area contributed by atoms with Crippen LogP contribution in [-0.4, -0.2) is 21.1 Å². The van der Waals surface area contributed by atoms with Crippen molar-refractivity contribution in [3.05, 3.63) is 52.8 Å². The van der Waals surface area contributed by atoms with Crippen molar-refractivity contribution in [3.8, 4) is 0 Å². The van der Waals surface area contributed by atoms with Gasteiger partial charge < -0.3 is 5.32 Å². The van der Waals surface area contributed by atoms with Gasteiger partial charge in [0.2, 0.25) is 0 Å². The number of hydrogen-bond donors (Lipinski definition) is 2. The van der Waals surface area contributed by atoms with E-state index in [9.17, 15) is 4.79 Å². The van der Waals surface area contributed by atoms with Crippen LogP contribution < -0.4 is 5.32 Å². The second-order valence-corrected chi connectivity index (χ2v) is 4.85. The molecule has 2 aromatic heterocycles. The number of amides is 1. The van der Waals surface area contributed by atoms with Crippen molar-refractivity contribution < 1.29 is 4.79 Å². The molecular formula is C13H9BrN4O. The molecule has 94 valence electrons. The van der Waals surface area contributed by atoms with E-state index in [1.807, 2.05) is 30.3 Å². The van der Waals surface area contributed by atoms with Crippen molar-refractivity contribution in [3.63, 3.8) is 0 Å². The average molecular weight is 317 g/mol. The third-order valence-corrected chi connectivity index (χ3v) is 3.12. The number of aromatic amines is 1. The van der Waals surface area contributed by atoms with Crippen LogP contribution in [0.2, 0.25) is 0 Å². The molecule has 0 saturated carbocycles. The number of nitrogens with zero attached hydrogens (tertiary/aromatic N) is 2. The molecular weight excluding hydrogens is 308 g/mol. The van der Waals surface area contributed by atoms with E-state index < -0.39 is 0 Å². The van der Waals surface area contributed by atoms with Gasteiger partial charge in [0.05, 0.1) is 5.52 Å². The summed E-state index contributed by atoms with van der Waals surface area (Å²) in [7, 11) is 0. The van der Waals surface area contributed by atoms with Crippen LogP contribution in [0.25, 0.3) is 10.9 Å². The van der Waals surface area contributed by atoms with Gasteiger partial charge in [-0.2, -0.15) is 5.10 Å². The molecule has 3 aromatic rings. The summed E-state index contributed by atoms with van der Waals surface area (Å²) in [6, 6.07) is 11.0. The van der Waals surface area contributed by atoms with Crippen molar-refractivity contribution >= 4 is 38.6 Å². The highest BCUT2D eigenvalue weighted by atomic mass is 79.9. The molecule has 0 saturated heterocycles. The maximum atomic E-state index is 12.1. The zero-order valence-electron chi connectivity index (χ0n) is 9.72. The molecule has 0 unspecified atom stereocenters. The van der Waals surface area contributed by atoms with Crippen LogP contribution in [0, 0.1) is 0 Å². The molecule has 0 spiro atoms. The van der Waals surface area contributed by atoms with E-state index in [4.69, 9.17) is 0 Å². The number of H-pyrrole nitrogens is 1. The van der Waals surface area contributed by atoms with Gasteiger partial charge in [-0.3, -0.25) is 9.89 Å². The van der Waals surface area contributed by atoms with Gasteiger partial charge in [-0.1, -0.05) is 18.2 Å². The Labute approximate surface area is 117 Å². The highest BCUT2D eigenvalue weighted by molar-refractivity contribution is 9.10. The summed E-state index contributed by atoms with van der Waals surface area (Å²) in [5.74, 6) is 0.201.